The van der Waals surface area contributed by atoms with Gasteiger partial charge in [0.1, 0.15) is 11.5 Å². The summed E-state index contributed by atoms with van der Waals surface area (Å²) in [5.41, 5.74) is 0.778. The molecule has 3 N–H and O–H groups in total. The minimum Gasteiger partial charge on any atom is -0.505 e. The normalized spacial score (nSPS) is 10.3. The highest BCUT2D eigenvalue weighted by atomic mass is 16.5. The van der Waals surface area contributed by atoms with E-state index >= 15 is 0 Å². The van der Waals surface area contributed by atoms with Crippen molar-refractivity contribution in [3.8, 4) is 28.6 Å². The Hall–Kier alpha value is -4.08. The van der Waals surface area contributed by atoms with Crippen LogP contribution in [0.15, 0.2) is 42.7 Å². The number of imide groups is 1. The summed E-state index contributed by atoms with van der Waals surface area (Å²) >= 11 is 0. The van der Waals surface area contributed by atoms with Crippen LogP contribution >= 0.6 is 0 Å². The number of aromatic hydroxyl groups is 1. The van der Waals surface area contributed by atoms with E-state index in [1.165, 1.54) is 12.3 Å². The molecule has 10 nitrogen and oxygen atoms in total. The van der Waals surface area contributed by atoms with E-state index in [2.05, 4.69) is 20.2 Å². The molecular formula is C17H13N5O5. The van der Waals surface area contributed by atoms with E-state index in [1.54, 1.807) is 42.7 Å². The number of amides is 2. The smallest absolute Gasteiger partial charge is 0.411 e. The lowest BCUT2D eigenvalue weighted by atomic mass is 10.1. The van der Waals surface area contributed by atoms with Gasteiger partial charge in [0.05, 0.1) is 11.9 Å². The topological polar surface area (TPSA) is 147 Å². The Bertz CT molecular complexity index is 993. The molecule has 0 fully saturated rings. The van der Waals surface area contributed by atoms with Crippen molar-refractivity contribution < 1.29 is 24.5 Å². The molecule has 0 atom stereocenters. The van der Waals surface area contributed by atoms with Crippen LogP contribution in [0.1, 0.15) is 16.2 Å². The number of hydrogen-bond acceptors (Lipinski definition) is 8. The van der Waals surface area contributed by atoms with Gasteiger partial charge in [0, 0.05) is 23.5 Å². The quantitative estimate of drug-likeness (QED) is 0.630. The Balaban J connectivity index is 1.85. The van der Waals surface area contributed by atoms with Gasteiger partial charge in [-0.05, 0) is 31.2 Å². The van der Waals surface area contributed by atoms with Gasteiger partial charge in [-0.2, -0.15) is 0 Å². The van der Waals surface area contributed by atoms with Gasteiger partial charge in [-0.3, -0.25) is 15.1 Å². The first-order valence-corrected chi connectivity index (χ1v) is 7.61. The molecule has 3 rings (SSSR count). The fraction of sp³-hybridized carbons (Fsp3) is 0.0588. The van der Waals surface area contributed by atoms with Crippen LogP contribution in [-0.2, 0) is 0 Å². The zero-order chi connectivity index (χ0) is 19.4. The number of carbonyl (C=O) groups excluding carboxylic acids is 1. The number of hydrogen-bond donors (Lipinski definition) is 3. The predicted octanol–water partition coefficient (Wildman–Crippen LogP) is 2.15. The number of ether oxygens (including phenoxy) is 1. The minimum absolute atomic E-state index is 0.249. The maximum absolute atomic E-state index is 11.7. The SMILES string of the molecule is Cc1nc(C(=O)NC(=O)O)c(O)cc1-c1ccc(Oc2cccnc2)nn1. The number of nitrogens with one attached hydrogen (secondary N) is 1. The summed E-state index contributed by atoms with van der Waals surface area (Å²) < 4.78 is 5.50. The molecule has 10 heteroatoms. The first-order valence-electron chi connectivity index (χ1n) is 7.61. The molecule has 0 spiro atoms. The second-order valence-electron chi connectivity index (χ2n) is 5.30. The summed E-state index contributed by atoms with van der Waals surface area (Å²) in [7, 11) is 0. The number of pyridine rings is 2. The monoisotopic (exact) mass is 367 g/mol. The molecule has 0 aliphatic rings. The Morgan fingerprint density at radius 2 is 2.00 bits per heavy atom. The van der Waals surface area contributed by atoms with Crippen molar-refractivity contribution in [1.82, 2.24) is 25.5 Å². The molecule has 0 bridgehead atoms. The molecule has 27 heavy (non-hydrogen) atoms. The molecule has 2 amide bonds. The summed E-state index contributed by atoms with van der Waals surface area (Å²) in [6.45, 7) is 1.59. The molecule has 3 aromatic rings. The summed E-state index contributed by atoms with van der Waals surface area (Å²) in [6, 6.07) is 7.90. The summed E-state index contributed by atoms with van der Waals surface area (Å²) in [6.07, 6.45) is 1.60. The highest BCUT2D eigenvalue weighted by Crippen LogP contribution is 2.27. The van der Waals surface area contributed by atoms with Gasteiger partial charge in [0.2, 0.25) is 5.88 Å². The van der Waals surface area contributed by atoms with E-state index in [1.807, 2.05) is 0 Å². The Kier molecular flexibility index (Phi) is 4.88. The van der Waals surface area contributed by atoms with E-state index in [-0.39, 0.29) is 5.88 Å². The number of aromatic nitrogens is 4. The van der Waals surface area contributed by atoms with E-state index < -0.39 is 23.4 Å². The average Bonchev–Trinajstić information content (AvgIpc) is 2.64. The average molecular weight is 367 g/mol. The van der Waals surface area contributed by atoms with E-state index in [4.69, 9.17) is 9.84 Å². The van der Waals surface area contributed by atoms with Gasteiger partial charge in [-0.15, -0.1) is 10.2 Å². The predicted molar refractivity (Wildman–Crippen MR) is 91.5 cm³/mol. The van der Waals surface area contributed by atoms with Crippen LogP contribution in [0, 0.1) is 6.92 Å². The number of carbonyl (C=O) groups is 2. The molecule has 0 aromatic carbocycles. The Labute approximate surface area is 152 Å². The van der Waals surface area contributed by atoms with Gasteiger partial charge >= 0.3 is 6.09 Å². The largest absolute Gasteiger partial charge is 0.505 e. The summed E-state index contributed by atoms with van der Waals surface area (Å²) in [5, 5.41) is 28.2. The van der Waals surface area contributed by atoms with Crippen molar-refractivity contribution in [2.75, 3.05) is 0 Å². The molecule has 3 aromatic heterocycles. The van der Waals surface area contributed by atoms with Crippen LogP contribution in [0.4, 0.5) is 4.79 Å². The van der Waals surface area contributed by atoms with E-state index in [0.29, 0.717) is 22.7 Å². The standard InChI is InChI=1S/C17H13N5O5/c1-9-11(7-13(23)15(19-9)16(24)20-17(25)26)12-4-5-14(22-21-12)27-10-3-2-6-18-8-10/h2-8,23H,1H3,(H,20,24)(H,25,26). The zero-order valence-electron chi connectivity index (χ0n) is 13.9. The first kappa shape index (κ1) is 17.7. The lowest BCUT2D eigenvalue weighted by Crippen LogP contribution is -2.29. The fourth-order valence-electron chi connectivity index (χ4n) is 2.22. The van der Waals surface area contributed by atoms with Crippen molar-refractivity contribution in [3.05, 3.63) is 54.1 Å². The molecule has 136 valence electrons. The van der Waals surface area contributed by atoms with Crippen molar-refractivity contribution in [3.63, 3.8) is 0 Å². The molecule has 0 saturated carbocycles. The van der Waals surface area contributed by atoms with Crippen LogP contribution in [-0.4, -0.2) is 42.4 Å². The molecule has 0 unspecified atom stereocenters. The maximum Gasteiger partial charge on any atom is 0.411 e. The third-order valence-corrected chi connectivity index (χ3v) is 3.40. The van der Waals surface area contributed by atoms with Gasteiger partial charge in [-0.1, -0.05) is 0 Å². The van der Waals surface area contributed by atoms with Crippen molar-refractivity contribution in [2.45, 2.75) is 6.92 Å². The number of nitrogens with zero attached hydrogens (tertiary/aromatic N) is 4. The highest BCUT2D eigenvalue weighted by Gasteiger charge is 2.19. The van der Waals surface area contributed by atoms with Crippen LogP contribution < -0.4 is 10.1 Å². The summed E-state index contributed by atoms with van der Waals surface area (Å²) in [4.78, 5) is 30.2. The van der Waals surface area contributed by atoms with Crippen molar-refractivity contribution >= 4 is 12.0 Å². The molecular weight excluding hydrogens is 354 g/mol. The lowest BCUT2D eigenvalue weighted by molar-refractivity contribution is 0.0940. The first-order chi connectivity index (χ1) is 12.9. The second-order valence-corrected chi connectivity index (χ2v) is 5.30. The van der Waals surface area contributed by atoms with E-state index in [0.717, 1.165) is 0 Å². The van der Waals surface area contributed by atoms with Gasteiger partial charge < -0.3 is 14.9 Å². The van der Waals surface area contributed by atoms with Gasteiger partial charge in [0.25, 0.3) is 5.91 Å². The van der Waals surface area contributed by atoms with Crippen molar-refractivity contribution in [2.24, 2.45) is 0 Å². The third kappa shape index (κ3) is 4.12. The minimum atomic E-state index is -1.54. The van der Waals surface area contributed by atoms with Crippen LogP contribution in [0.3, 0.4) is 0 Å². The van der Waals surface area contributed by atoms with Crippen LogP contribution in [0.2, 0.25) is 0 Å². The Morgan fingerprint density at radius 3 is 2.63 bits per heavy atom. The fourth-order valence-corrected chi connectivity index (χ4v) is 2.22. The van der Waals surface area contributed by atoms with Gasteiger partial charge in [-0.25, -0.2) is 9.78 Å². The highest BCUT2D eigenvalue weighted by molar-refractivity contribution is 6.03. The molecule has 0 radical (unpaired) electrons. The zero-order valence-corrected chi connectivity index (χ0v) is 13.9. The Morgan fingerprint density at radius 1 is 1.19 bits per heavy atom. The van der Waals surface area contributed by atoms with E-state index in [9.17, 15) is 14.7 Å². The molecule has 0 aliphatic heterocycles. The van der Waals surface area contributed by atoms with Crippen molar-refractivity contribution in [1.29, 1.82) is 0 Å². The summed E-state index contributed by atoms with van der Waals surface area (Å²) in [5.74, 6) is -0.754. The van der Waals surface area contributed by atoms with Gasteiger partial charge in [0.15, 0.2) is 5.69 Å². The third-order valence-electron chi connectivity index (χ3n) is 3.40. The molecule has 0 aliphatic carbocycles. The maximum atomic E-state index is 11.7. The number of aryl methyl sites for hydroxylation is 1. The number of rotatable bonds is 4. The van der Waals surface area contributed by atoms with Crippen LogP contribution in [0.5, 0.6) is 17.4 Å². The number of carboxylic acid groups (broad SMARTS) is 1. The lowest BCUT2D eigenvalue weighted by Gasteiger charge is -2.09. The molecule has 0 saturated heterocycles. The second kappa shape index (κ2) is 7.44. The van der Waals surface area contributed by atoms with Crippen LogP contribution in [0.25, 0.3) is 11.3 Å². The molecule has 3 heterocycles.